The summed E-state index contributed by atoms with van der Waals surface area (Å²) in [5.74, 6) is 0.359. The second-order valence-electron chi connectivity index (χ2n) is 8.81. The van der Waals surface area contributed by atoms with Crippen molar-refractivity contribution in [2.24, 2.45) is 17.8 Å². The zero-order valence-electron chi connectivity index (χ0n) is 16.3. The monoisotopic (exact) mass is 402 g/mol. The molecule has 4 aliphatic rings. The van der Waals surface area contributed by atoms with Crippen LogP contribution in [0.5, 0.6) is 0 Å². The molecule has 0 spiro atoms. The summed E-state index contributed by atoms with van der Waals surface area (Å²) in [4.78, 5) is 36.1. The molecule has 0 saturated heterocycles. The molecule has 0 heterocycles. The Bertz CT molecular complexity index is 778. The Morgan fingerprint density at radius 2 is 1.59 bits per heavy atom. The zero-order valence-corrected chi connectivity index (χ0v) is 16.3. The first kappa shape index (κ1) is 19.7. The second-order valence-corrected chi connectivity index (χ2v) is 8.81. The lowest BCUT2D eigenvalue weighted by Crippen LogP contribution is -2.61. The van der Waals surface area contributed by atoms with Crippen molar-refractivity contribution in [2.45, 2.75) is 50.5 Å². The molecule has 5 rings (SSSR count). The van der Waals surface area contributed by atoms with Crippen LogP contribution in [0.2, 0.25) is 0 Å². The first-order valence-electron chi connectivity index (χ1n) is 10.3. The third-order valence-electron chi connectivity index (χ3n) is 6.49. The average Bonchev–Trinajstić information content (AvgIpc) is 2.65. The SMILES string of the molecule is O=C(CCNC(=O)NC12CC3CC(CC(C3)C1)C2)NNC(=O)c1ccccc1F. The van der Waals surface area contributed by atoms with Crippen molar-refractivity contribution in [2.75, 3.05) is 6.54 Å². The third kappa shape index (κ3) is 4.52. The lowest BCUT2D eigenvalue weighted by Gasteiger charge is -2.56. The van der Waals surface area contributed by atoms with E-state index in [0.29, 0.717) is 0 Å². The van der Waals surface area contributed by atoms with Crippen LogP contribution in [0.1, 0.15) is 55.3 Å². The smallest absolute Gasteiger partial charge is 0.315 e. The molecule has 0 aromatic heterocycles. The summed E-state index contributed by atoms with van der Waals surface area (Å²) >= 11 is 0. The molecule has 0 unspecified atom stereocenters. The molecule has 8 heteroatoms. The predicted molar refractivity (Wildman–Crippen MR) is 104 cm³/mol. The van der Waals surface area contributed by atoms with Crippen LogP contribution in [0.3, 0.4) is 0 Å². The molecule has 4 bridgehead atoms. The van der Waals surface area contributed by atoms with Gasteiger partial charge in [-0.25, -0.2) is 9.18 Å². The van der Waals surface area contributed by atoms with E-state index in [-0.39, 0.29) is 30.1 Å². The normalized spacial score (nSPS) is 29.2. The van der Waals surface area contributed by atoms with Crippen LogP contribution >= 0.6 is 0 Å². The number of amides is 4. The summed E-state index contributed by atoms with van der Waals surface area (Å²) < 4.78 is 13.5. The van der Waals surface area contributed by atoms with Crippen LogP contribution in [-0.2, 0) is 4.79 Å². The fraction of sp³-hybridized carbons (Fsp3) is 0.571. The Hall–Kier alpha value is -2.64. The largest absolute Gasteiger partial charge is 0.338 e. The zero-order chi connectivity index (χ0) is 20.4. The summed E-state index contributed by atoms with van der Waals surface area (Å²) in [6.07, 6.45) is 7.12. The van der Waals surface area contributed by atoms with Crippen LogP contribution in [-0.4, -0.2) is 29.9 Å². The molecule has 0 radical (unpaired) electrons. The Labute approximate surface area is 169 Å². The van der Waals surface area contributed by atoms with E-state index in [1.54, 1.807) is 0 Å². The Balaban J connectivity index is 1.17. The van der Waals surface area contributed by atoms with Gasteiger partial charge in [0.05, 0.1) is 5.56 Å². The number of nitrogens with one attached hydrogen (secondary N) is 4. The lowest BCUT2D eigenvalue weighted by molar-refractivity contribution is -0.121. The summed E-state index contributed by atoms with van der Waals surface area (Å²) in [6, 6.07) is 5.27. The van der Waals surface area contributed by atoms with E-state index in [0.717, 1.165) is 37.0 Å². The van der Waals surface area contributed by atoms with E-state index in [9.17, 15) is 18.8 Å². The minimum absolute atomic E-state index is 0.00580. The van der Waals surface area contributed by atoms with Gasteiger partial charge in [0.15, 0.2) is 0 Å². The van der Waals surface area contributed by atoms with Gasteiger partial charge in [0, 0.05) is 18.5 Å². The summed E-state index contributed by atoms with van der Waals surface area (Å²) in [7, 11) is 0. The van der Waals surface area contributed by atoms with E-state index in [1.807, 2.05) is 0 Å². The predicted octanol–water partition coefficient (Wildman–Crippen LogP) is 2.24. The van der Waals surface area contributed by atoms with Gasteiger partial charge >= 0.3 is 6.03 Å². The van der Waals surface area contributed by atoms with Gasteiger partial charge in [-0.05, 0) is 68.4 Å². The van der Waals surface area contributed by atoms with Gasteiger partial charge < -0.3 is 10.6 Å². The van der Waals surface area contributed by atoms with E-state index in [4.69, 9.17) is 0 Å². The van der Waals surface area contributed by atoms with Crippen molar-refractivity contribution < 1.29 is 18.8 Å². The molecular weight excluding hydrogens is 375 g/mol. The molecule has 4 aliphatic carbocycles. The Kier molecular flexibility index (Phi) is 5.43. The fourth-order valence-corrected chi connectivity index (χ4v) is 5.74. The fourth-order valence-electron chi connectivity index (χ4n) is 5.74. The number of rotatable bonds is 5. The molecule has 4 saturated carbocycles. The quantitative estimate of drug-likeness (QED) is 0.569. The summed E-state index contributed by atoms with van der Waals surface area (Å²) in [5.41, 5.74) is 4.18. The Morgan fingerprint density at radius 1 is 0.966 bits per heavy atom. The molecular formula is C21H27FN4O3. The van der Waals surface area contributed by atoms with Crippen molar-refractivity contribution in [3.05, 3.63) is 35.6 Å². The van der Waals surface area contributed by atoms with Crippen LogP contribution in [0.4, 0.5) is 9.18 Å². The Morgan fingerprint density at radius 3 is 2.21 bits per heavy atom. The second kappa shape index (κ2) is 8.00. The molecule has 7 nitrogen and oxygen atoms in total. The highest BCUT2D eigenvalue weighted by atomic mass is 19.1. The van der Waals surface area contributed by atoms with Gasteiger partial charge in [0.25, 0.3) is 5.91 Å². The average molecular weight is 402 g/mol. The highest BCUT2D eigenvalue weighted by Crippen LogP contribution is 2.55. The lowest BCUT2D eigenvalue weighted by atomic mass is 9.53. The van der Waals surface area contributed by atoms with E-state index >= 15 is 0 Å². The van der Waals surface area contributed by atoms with Crippen molar-refractivity contribution in [1.82, 2.24) is 21.5 Å². The molecule has 156 valence electrons. The van der Waals surface area contributed by atoms with Crippen LogP contribution in [0.15, 0.2) is 24.3 Å². The molecule has 4 fully saturated rings. The summed E-state index contributed by atoms with van der Waals surface area (Å²) in [6.45, 7) is 0.152. The van der Waals surface area contributed by atoms with Crippen molar-refractivity contribution in [3.63, 3.8) is 0 Å². The van der Waals surface area contributed by atoms with Crippen LogP contribution < -0.4 is 21.5 Å². The number of hydrogen-bond donors (Lipinski definition) is 4. The number of urea groups is 1. The van der Waals surface area contributed by atoms with Crippen molar-refractivity contribution in [1.29, 1.82) is 0 Å². The molecule has 1 aromatic rings. The van der Waals surface area contributed by atoms with Gasteiger partial charge in [-0.15, -0.1) is 0 Å². The van der Waals surface area contributed by atoms with Gasteiger partial charge in [-0.2, -0.15) is 0 Å². The van der Waals surface area contributed by atoms with Gasteiger partial charge in [-0.3, -0.25) is 20.4 Å². The highest BCUT2D eigenvalue weighted by Gasteiger charge is 2.51. The molecule has 29 heavy (non-hydrogen) atoms. The first-order valence-corrected chi connectivity index (χ1v) is 10.3. The maximum absolute atomic E-state index is 13.5. The van der Waals surface area contributed by atoms with E-state index < -0.39 is 17.6 Å². The molecule has 0 atom stereocenters. The topological polar surface area (TPSA) is 99.3 Å². The number of hydrogen-bond acceptors (Lipinski definition) is 3. The van der Waals surface area contributed by atoms with Gasteiger partial charge in [-0.1, -0.05) is 12.1 Å². The molecule has 0 aliphatic heterocycles. The highest BCUT2D eigenvalue weighted by molar-refractivity contribution is 5.95. The number of halogens is 1. The van der Waals surface area contributed by atoms with Crippen LogP contribution in [0, 0.1) is 23.6 Å². The molecule has 1 aromatic carbocycles. The van der Waals surface area contributed by atoms with E-state index in [2.05, 4.69) is 21.5 Å². The number of carbonyl (C=O) groups excluding carboxylic acids is 3. The number of hydrazine groups is 1. The minimum atomic E-state index is -0.732. The third-order valence-corrected chi connectivity index (χ3v) is 6.49. The van der Waals surface area contributed by atoms with Gasteiger partial charge in [0.2, 0.25) is 5.91 Å². The van der Waals surface area contributed by atoms with Gasteiger partial charge in [0.1, 0.15) is 5.82 Å². The minimum Gasteiger partial charge on any atom is -0.338 e. The number of carbonyl (C=O) groups is 3. The maximum atomic E-state index is 13.5. The first-order chi connectivity index (χ1) is 13.9. The van der Waals surface area contributed by atoms with Crippen molar-refractivity contribution in [3.8, 4) is 0 Å². The van der Waals surface area contributed by atoms with Crippen molar-refractivity contribution >= 4 is 17.8 Å². The standard InChI is InChI=1S/C21H27FN4O3/c22-17-4-2-1-3-16(17)19(28)26-25-18(27)5-6-23-20(29)24-21-10-13-7-14(11-21)9-15(8-13)12-21/h1-4,13-15H,5-12H2,(H,25,27)(H,26,28)(H2,23,24,29). The summed E-state index contributed by atoms with van der Waals surface area (Å²) in [5, 5.41) is 5.92. The molecule has 4 amide bonds. The van der Waals surface area contributed by atoms with E-state index in [1.165, 1.54) is 43.5 Å². The molecule has 4 N–H and O–H groups in total. The van der Waals surface area contributed by atoms with Crippen LogP contribution in [0.25, 0.3) is 0 Å². The number of benzene rings is 1. The maximum Gasteiger partial charge on any atom is 0.315 e.